The van der Waals surface area contributed by atoms with E-state index < -0.39 is 22.2 Å². The van der Waals surface area contributed by atoms with E-state index in [9.17, 15) is 17.2 Å². The van der Waals surface area contributed by atoms with Gasteiger partial charge in [-0.25, -0.2) is 4.21 Å². The first-order valence-electron chi connectivity index (χ1n) is 4.15. The van der Waals surface area contributed by atoms with Gasteiger partial charge < -0.3 is 12.9 Å². The average molecular weight is 236 g/mol. The van der Waals surface area contributed by atoms with Crippen LogP contribution in [0.2, 0.25) is 0 Å². The lowest BCUT2D eigenvalue weighted by atomic mass is 9.80. The first-order chi connectivity index (χ1) is 6.68. The van der Waals surface area contributed by atoms with Gasteiger partial charge in [-0.3, -0.25) is 0 Å². The lowest BCUT2D eigenvalue weighted by Gasteiger charge is -2.14. The third-order valence-corrected chi connectivity index (χ3v) is 2.25. The fourth-order valence-electron chi connectivity index (χ4n) is 1.01. The molecule has 0 unspecified atom stereocenters. The molecule has 1 aromatic rings. The van der Waals surface area contributed by atoms with Crippen LogP contribution in [0.25, 0.3) is 0 Å². The molecule has 7 heteroatoms. The number of hydrogen-bond acceptors (Lipinski definition) is 2. The van der Waals surface area contributed by atoms with Gasteiger partial charge in [-0.1, -0.05) is 12.1 Å². The monoisotopic (exact) mass is 236 g/mol. The van der Waals surface area contributed by atoms with Gasteiger partial charge in [0, 0.05) is 22.2 Å². The van der Waals surface area contributed by atoms with Gasteiger partial charge >= 0.3 is 6.98 Å². The smallest absolute Gasteiger partial charge is 0.445 e. The van der Waals surface area contributed by atoms with Gasteiger partial charge in [-0.15, -0.1) is 5.46 Å². The Morgan fingerprint density at radius 3 is 1.93 bits per heavy atom. The van der Waals surface area contributed by atoms with Crippen molar-refractivity contribution in [2.75, 3.05) is 12.5 Å². The zero-order valence-corrected chi connectivity index (χ0v) is 9.10. The van der Waals surface area contributed by atoms with E-state index in [2.05, 4.69) is 4.36 Å². The summed E-state index contributed by atoms with van der Waals surface area (Å²) in [5.74, 6) is 0. The van der Waals surface area contributed by atoms with E-state index in [1.807, 2.05) is 0 Å². The zero-order chi connectivity index (χ0) is 11.7. The van der Waals surface area contributed by atoms with Gasteiger partial charge in [-0.2, -0.15) is 4.36 Å². The molecule has 2 nitrogen and oxygen atoms in total. The van der Waals surface area contributed by atoms with Crippen molar-refractivity contribution in [1.82, 2.24) is 0 Å². The highest BCUT2D eigenvalue weighted by atomic mass is 32.2. The summed E-state index contributed by atoms with van der Waals surface area (Å²) < 4.78 is 51.7. The topological polar surface area (TPSA) is 29.4 Å². The Hall–Kier alpha value is -0.975. The molecule has 1 aromatic carbocycles. The van der Waals surface area contributed by atoms with Crippen molar-refractivity contribution in [2.24, 2.45) is 4.36 Å². The van der Waals surface area contributed by atoms with Crippen LogP contribution < -0.4 is 5.46 Å². The lowest BCUT2D eigenvalue weighted by Crippen LogP contribution is -2.33. The highest BCUT2D eigenvalue weighted by molar-refractivity contribution is 7.92. The van der Waals surface area contributed by atoms with E-state index in [-0.39, 0.29) is 0 Å². The Balaban J connectivity index is 3.07. The fraction of sp³-hybridized carbons (Fsp3) is 0.250. The second kappa shape index (κ2) is 3.88. The maximum atomic E-state index is 12.2. The maximum Gasteiger partial charge on any atom is 0.509 e. The van der Waals surface area contributed by atoms with Crippen molar-refractivity contribution in [2.45, 2.75) is 0 Å². The van der Waals surface area contributed by atoms with Gasteiger partial charge in [0.2, 0.25) is 0 Å². The predicted octanol–water partition coefficient (Wildman–Crippen LogP) is 2.10. The van der Waals surface area contributed by atoms with Crippen LogP contribution in [-0.2, 0) is 9.73 Å². The molecular weight excluding hydrogens is 226 g/mol. The summed E-state index contributed by atoms with van der Waals surface area (Å²) >= 11 is 0. The van der Waals surface area contributed by atoms with Gasteiger partial charge in [-0.05, 0) is 12.1 Å². The van der Waals surface area contributed by atoms with Crippen LogP contribution in [0.5, 0.6) is 0 Å². The molecule has 0 bridgehead atoms. The molecule has 0 aromatic heterocycles. The Labute approximate surface area is 86.7 Å². The molecule has 0 fully saturated rings. The van der Waals surface area contributed by atoms with Gasteiger partial charge in [0.05, 0.1) is 5.69 Å². The van der Waals surface area contributed by atoms with Crippen LogP contribution in [-0.4, -0.2) is 23.7 Å². The largest absolute Gasteiger partial charge is 0.509 e. The highest BCUT2D eigenvalue weighted by Crippen LogP contribution is 2.15. The quantitative estimate of drug-likeness (QED) is 0.723. The summed E-state index contributed by atoms with van der Waals surface area (Å²) in [4.78, 5) is 0. The van der Waals surface area contributed by atoms with E-state index in [0.717, 1.165) is 12.1 Å². The van der Waals surface area contributed by atoms with Crippen LogP contribution >= 0.6 is 0 Å². The molecule has 0 saturated carbocycles. The van der Waals surface area contributed by atoms with Gasteiger partial charge in [0.15, 0.2) is 0 Å². The second-order valence-electron chi connectivity index (χ2n) is 3.44. The zero-order valence-electron chi connectivity index (χ0n) is 8.28. The number of benzene rings is 1. The highest BCUT2D eigenvalue weighted by Gasteiger charge is 2.24. The number of hydrogen-bond donors (Lipinski definition) is 0. The standard InChI is InChI=1S/C8H10BF3NOS/c1-15(2,14)13-8-5-3-7(4-6-8)9(10,11)12/h3-6H,1-2H3/q-1. The third kappa shape index (κ3) is 3.95. The maximum absolute atomic E-state index is 12.2. The fourth-order valence-corrected chi connectivity index (χ4v) is 1.64. The molecular formula is C8H10BF3NOS-. The summed E-state index contributed by atoms with van der Waals surface area (Å²) in [5, 5.41) is 0. The first-order valence-corrected chi connectivity index (χ1v) is 6.49. The molecule has 15 heavy (non-hydrogen) atoms. The average Bonchev–Trinajstić information content (AvgIpc) is 2.00. The molecule has 0 aliphatic carbocycles. The van der Waals surface area contributed by atoms with Crippen molar-refractivity contribution in [3.63, 3.8) is 0 Å². The molecule has 0 aliphatic rings. The SMILES string of the molecule is CS(C)(=O)=Nc1ccc([B-](F)(F)F)cc1. The second-order valence-corrected chi connectivity index (χ2v) is 5.98. The molecule has 0 radical (unpaired) electrons. The first kappa shape index (κ1) is 12.1. The molecule has 1 rings (SSSR count). The molecule has 0 saturated heterocycles. The molecule has 0 atom stereocenters. The van der Waals surface area contributed by atoms with Gasteiger partial charge in [0.25, 0.3) is 0 Å². The van der Waals surface area contributed by atoms with Crippen LogP contribution in [0.3, 0.4) is 0 Å². The van der Waals surface area contributed by atoms with E-state index >= 15 is 0 Å². The van der Waals surface area contributed by atoms with Crippen LogP contribution in [0.1, 0.15) is 0 Å². The summed E-state index contributed by atoms with van der Waals surface area (Å²) in [6.45, 7) is -4.97. The minimum Gasteiger partial charge on any atom is -0.445 e. The molecule has 0 heterocycles. The Morgan fingerprint density at radius 2 is 1.60 bits per heavy atom. The summed E-state index contributed by atoms with van der Waals surface area (Å²) in [6.07, 6.45) is 2.85. The van der Waals surface area contributed by atoms with Crippen LogP contribution in [0.4, 0.5) is 18.6 Å². The van der Waals surface area contributed by atoms with Crippen molar-refractivity contribution >= 4 is 27.9 Å². The summed E-state index contributed by atoms with van der Waals surface area (Å²) in [6, 6.07) is 4.34. The molecule has 0 spiro atoms. The minimum atomic E-state index is -4.97. The van der Waals surface area contributed by atoms with Crippen molar-refractivity contribution in [3.8, 4) is 0 Å². The number of rotatable bonds is 2. The van der Waals surface area contributed by atoms with Gasteiger partial charge in [0.1, 0.15) is 0 Å². The Bertz CT molecular complexity index is 452. The molecule has 84 valence electrons. The van der Waals surface area contributed by atoms with E-state index in [0.29, 0.717) is 5.69 Å². The molecule has 0 amide bonds. The number of nitrogens with zero attached hydrogens (tertiary/aromatic N) is 1. The summed E-state index contributed by atoms with van der Waals surface area (Å²) in [7, 11) is -2.33. The van der Waals surface area contributed by atoms with Crippen molar-refractivity contribution < 1.29 is 17.2 Å². The Kier molecular flexibility index (Phi) is 3.13. The van der Waals surface area contributed by atoms with E-state index in [1.165, 1.54) is 24.6 Å². The number of halogens is 3. The Morgan fingerprint density at radius 1 is 1.13 bits per heavy atom. The molecule has 0 aliphatic heterocycles. The molecule has 0 N–H and O–H groups in total. The van der Waals surface area contributed by atoms with Crippen LogP contribution in [0.15, 0.2) is 28.6 Å². The van der Waals surface area contributed by atoms with E-state index in [1.54, 1.807) is 0 Å². The lowest BCUT2D eigenvalue weighted by molar-refractivity contribution is 0.501. The van der Waals surface area contributed by atoms with Crippen molar-refractivity contribution in [3.05, 3.63) is 24.3 Å². The third-order valence-electron chi connectivity index (χ3n) is 1.60. The summed E-state index contributed by atoms with van der Waals surface area (Å²) in [5.41, 5.74) is -0.374. The minimum absolute atomic E-state index is 0.300. The predicted molar refractivity (Wildman–Crippen MR) is 57.2 cm³/mol. The normalized spacial score (nSPS) is 12.6. The van der Waals surface area contributed by atoms with Crippen LogP contribution in [0, 0.1) is 0 Å². The van der Waals surface area contributed by atoms with Crippen molar-refractivity contribution in [1.29, 1.82) is 0 Å². The van der Waals surface area contributed by atoms with E-state index in [4.69, 9.17) is 0 Å².